The quantitative estimate of drug-likeness (QED) is 0.841. The van der Waals surface area contributed by atoms with Crippen LogP contribution in [0.2, 0.25) is 0 Å². The Bertz CT molecular complexity index is 501. The summed E-state index contributed by atoms with van der Waals surface area (Å²) >= 11 is 1.86. The van der Waals surface area contributed by atoms with E-state index in [0.29, 0.717) is 16.5 Å². The number of nitrogens with one attached hydrogen (secondary N) is 1. The molecular formula is C16H24N2OS. The number of carbonyl (C=O) groups is 1. The summed E-state index contributed by atoms with van der Waals surface area (Å²) in [5.41, 5.74) is 9.34. The van der Waals surface area contributed by atoms with Crippen molar-refractivity contribution < 1.29 is 4.79 Å². The van der Waals surface area contributed by atoms with Gasteiger partial charge in [0.1, 0.15) is 0 Å². The number of thioether (sulfide) groups is 1. The fraction of sp³-hybridized carbons (Fsp3) is 0.562. The zero-order valence-electron chi connectivity index (χ0n) is 12.5. The average Bonchev–Trinajstić information content (AvgIpc) is 2.43. The second-order valence-electron chi connectivity index (χ2n) is 5.66. The van der Waals surface area contributed by atoms with E-state index < -0.39 is 0 Å². The van der Waals surface area contributed by atoms with E-state index >= 15 is 0 Å². The number of carbonyl (C=O) groups excluding carboxylic acids is 1. The molecule has 1 fully saturated rings. The molecule has 0 aromatic heterocycles. The van der Waals surface area contributed by atoms with Crippen LogP contribution >= 0.6 is 11.8 Å². The molecule has 20 heavy (non-hydrogen) atoms. The summed E-state index contributed by atoms with van der Waals surface area (Å²) in [5.74, 6) is 0.0140. The molecular weight excluding hydrogens is 268 g/mol. The highest BCUT2D eigenvalue weighted by atomic mass is 32.2. The SMILES string of the molecule is CSC1CCCCC1NC(=O)c1cc(N)c(C)cc1C. The van der Waals surface area contributed by atoms with E-state index in [9.17, 15) is 4.79 Å². The van der Waals surface area contributed by atoms with E-state index in [4.69, 9.17) is 5.73 Å². The lowest BCUT2D eigenvalue weighted by Gasteiger charge is -2.31. The van der Waals surface area contributed by atoms with Crippen LogP contribution in [0, 0.1) is 13.8 Å². The molecule has 2 atom stereocenters. The van der Waals surface area contributed by atoms with Crippen molar-refractivity contribution >= 4 is 23.4 Å². The van der Waals surface area contributed by atoms with E-state index in [1.807, 2.05) is 31.7 Å². The second kappa shape index (κ2) is 6.53. The minimum atomic E-state index is 0.0140. The van der Waals surface area contributed by atoms with E-state index in [1.165, 1.54) is 19.3 Å². The number of anilines is 1. The molecule has 3 N–H and O–H groups in total. The van der Waals surface area contributed by atoms with Gasteiger partial charge in [-0.25, -0.2) is 0 Å². The molecule has 0 radical (unpaired) electrons. The number of hydrogen-bond acceptors (Lipinski definition) is 3. The molecule has 1 aliphatic rings. The Morgan fingerprint density at radius 3 is 2.65 bits per heavy atom. The molecule has 110 valence electrons. The van der Waals surface area contributed by atoms with Crippen LogP contribution in [-0.4, -0.2) is 23.5 Å². The number of nitrogens with two attached hydrogens (primary N) is 1. The predicted molar refractivity (Wildman–Crippen MR) is 87.4 cm³/mol. The number of amides is 1. The molecule has 1 aliphatic carbocycles. The van der Waals surface area contributed by atoms with Crippen molar-refractivity contribution in [3.8, 4) is 0 Å². The van der Waals surface area contributed by atoms with Crippen LogP contribution in [0.25, 0.3) is 0 Å². The van der Waals surface area contributed by atoms with Gasteiger partial charge in [0.05, 0.1) is 0 Å². The van der Waals surface area contributed by atoms with Gasteiger partial charge in [-0.3, -0.25) is 4.79 Å². The minimum Gasteiger partial charge on any atom is -0.398 e. The summed E-state index contributed by atoms with van der Waals surface area (Å²) in [4.78, 5) is 12.5. The van der Waals surface area contributed by atoms with Crippen molar-refractivity contribution in [2.75, 3.05) is 12.0 Å². The zero-order valence-corrected chi connectivity index (χ0v) is 13.3. The lowest BCUT2D eigenvalue weighted by Crippen LogP contribution is -2.43. The van der Waals surface area contributed by atoms with Gasteiger partial charge in [0.15, 0.2) is 0 Å². The molecule has 1 saturated carbocycles. The molecule has 0 heterocycles. The Kier molecular flexibility index (Phi) is 4.97. The summed E-state index contributed by atoms with van der Waals surface area (Å²) in [5, 5.41) is 3.75. The third-order valence-corrected chi connectivity index (χ3v) is 5.35. The van der Waals surface area contributed by atoms with E-state index in [2.05, 4.69) is 11.6 Å². The van der Waals surface area contributed by atoms with Crippen LogP contribution < -0.4 is 11.1 Å². The minimum absolute atomic E-state index is 0.0140. The molecule has 0 bridgehead atoms. The van der Waals surface area contributed by atoms with Gasteiger partial charge in [-0.05, 0) is 50.1 Å². The molecule has 1 amide bonds. The lowest BCUT2D eigenvalue weighted by atomic mass is 9.94. The second-order valence-corrected chi connectivity index (χ2v) is 6.74. The largest absolute Gasteiger partial charge is 0.398 e. The van der Waals surface area contributed by atoms with Crippen molar-refractivity contribution in [2.45, 2.75) is 50.8 Å². The number of hydrogen-bond donors (Lipinski definition) is 2. The van der Waals surface area contributed by atoms with Gasteiger partial charge in [-0.15, -0.1) is 0 Å². The smallest absolute Gasteiger partial charge is 0.251 e. The monoisotopic (exact) mass is 292 g/mol. The summed E-state index contributed by atoms with van der Waals surface area (Å²) in [6.07, 6.45) is 6.88. The molecule has 1 aromatic rings. The highest BCUT2D eigenvalue weighted by Crippen LogP contribution is 2.27. The third kappa shape index (κ3) is 3.29. The highest BCUT2D eigenvalue weighted by molar-refractivity contribution is 7.99. The normalized spacial score (nSPS) is 22.6. The molecule has 3 nitrogen and oxygen atoms in total. The van der Waals surface area contributed by atoms with Crippen LogP contribution in [0.1, 0.15) is 47.2 Å². The molecule has 0 aliphatic heterocycles. The first kappa shape index (κ1) is 15.2. The van der Waals surface area contributed by atoms with Gasteiger partial charge >= 0.3 is 0 Å². The topological polar surface area (TPSA) is 55.1 Å². The van der Waals surface area contributed by atoms with Crippen molar-refractivity contribution in [1.82, 2.24) is 5.32 Å². The number of rotatable bonds is 3. The van der Waals surface area contributed by atoms with Crippen LogP contribution in [-0.2, 0) is 0 Å². The molecule has 2 rings (SSSR count). The summed E-state index contributed by atoms with van der Waals surface area (Å²) in [6.45, 7) is 3.93. The number of nitrogen functional groups attached to an aromatic ring is 1. The Labute approximate surface area is 125 Å². The lowest BCUT2D eigenvalue weighted by molar-refractivity contribution is 0.0929. The van der Waals surface area contributed by atoms with E-state index in [-0.39, 0.29) is 11.9 Å². The van der Waals surface area contributed by atoms with Crippen molar-refractivity contribution in [3.63, 3.8) is 0 Å². The van der Waals surface area contributed by atoms with Crippen molar-refractivity contribution in [3.05, 3.63) is 28.8 Å². The van der Waals surface area contributed by atoms with Gasteiger partial charge < -0.3 is 11.1 Å². The maximum absolute atomic E-state index is 12.5. The Balaban J connectivity index is 2.13. The first-order chi connectivity index (χ1) is 9.52. The first-order valence-corrected chi connectivity index (χ1v) is 8.52. The zero-order chi connectivity index (χ0) is 14.7. The molecule has 1 aromatic carbocycles. The van der Waals surface area contributed by atoms with Gasteiger partial charge in [-0.1, -0.05) is 18.9 Å². The van der Waals surface area contributed by atoms with Crippen LogP contribution in [0.3, 0.4) is 0 Å². The first-order valence-electron chi connectivity index (χ1n) is 7.23. The van der Waals surface area contributed by atoms with Gasteiger partial charge in [0.2, 0.25) is 0 Å². The van der Waals surface area contributed by atoms with Crippen LogP contribution in [0.15, 0.2) is 12.1 Å². The summed E-state index contributed by atoms with van der Waals surface area (Å²) in [6, 6.07) is 4.07. The highest BCUT2D eigenvalue weighted by Gasteiger charge is 2.26. The summed E-state index contributed by atoms with van der Waals surface area (Å²) < 4.78 is 0. The van der Waals surface area contributed by atoms with Crippen molar-refractivity contribution in [2.24, 2.45) is 0 Å². The Morgan fingerprint density at radius 2 is 1.95 bits per heavy atom. The number of benzene rings is 1. The molecule has 2 unspecified atom stereocenters. The molecule has 0 spiro atoms. The molecule has 0 saturated heterocycles. The Hall–Kier alpha value is -1.16. The third-order valence-electron chi connectivity index (χ3n) is 4.18. The van der Waals surface area contributed by atoms with Gasteiger partial charge in [0.25, 0.3) is 5.91 Å². The Morgan fingerprint density at radius 1 is 1.25 bits per heavy atom. The maximum Gasteiger partial charge on any atom is 0.251 e. The van der Waals surface area contributed by atoms with Crippen LogP contribution in [0.5, 0.6) is 0 Å². The average molecular weight is 292 g/mol. The fourth-order valence-electron chi connectivity index (χ4n) is 2.90. The summed E-state index contributed by atoms with van der Waals surface area (Å²) in [7, 11) is 0. The van der Waals surface area contributed by atoms with Gasteiger partial charge in [0, 0.05) is 22.5 Å². The van der Waals surface area contributed by atoms with Gasteiger partial charge in [-0.2, -0.15) is 11.8 Å². The van der Waals surface area contributed by atoms with E-state index in [1.54, 1.807) is 6.07 Å². The fourth-order valence-corrected chi connectivity index (χ4v) is 3.84. The maximum atomic E-state index is 12.5. The molecule has 4 heteroatoms. The predicted octanol–water partition coefficient (Wildman–Crippen LogP) is 3.29. The van der Waals surface area contributed by atoms with Crippen molar-refractivity contribution in [1.29, 1.82) is 0 Å². The van der Waals surface area contributed by atoms with Crippen LogP contribution in [0.4, 0.5) is 5.69 Å². The standard InChI is InChI=1S/C16H24N2OS/c1-10-8-11(2)13(17)9-12(10)16(19)18-14-6-4-5-7-15(14)20-3/h8-9,14-15H,4-7,17H2,1-3H3,(H,18,19). The van der Waals surface area contributed by atoms with E-state index in [0.717, 1.165) is 17.5 Å². The number of aryl methyl sites for hydroxylation is 2.